The first kappa shape index (κ1) is 20.4. The molecule has 148 valence electrons. The van der Waals surface area contributed by atoms with Gasteiger partial charge in [-0.25, -0.2) is 0 Å². The summed E-state index contributed by atoms with van der Waals surface area (Å²) in [6, 6.07) is 7.51. The highest BCUT2D eigenvalue weighted by Gasteiger charge is 2.22. The van der Waals surface area contributed by atoms with E-state index in [2.05, 4.69) is 20.6 Å². The van der Waals surface area contributed by atoms with Crippen LogP contribution in [-0.2, 0) is 18.4 Å². The quantitative estimate of drug-likeness (QED) is 0.610. The molecule has 3 rings (SSSR count). The number of aromatic nitrogens is 5. The summed E-state index contributed by atoms with van der Waals surface area (Å²) < 4.78 is 3.74. The summed E-state index contributed by atoms with van der Waals surface area (Å²) in [6.45, 7) is 8.37. The van der Waals surface area contributed by atoms with Crippen molar-refractivity contribution in [3.8, 4) is 11.4 Å². The van der Waals surface area contributed by atoms with Gasteiger partial charge in [0.05, 0.1) is 22.3 Å². The van der Waals surface area contributed by atoms with Gasteiger partial charge in [0.15, 0.2) is 11.0 Å². The molecule has 0 saturated carbocycles. The van der Waals surface area contributed by atoms with E-state index in [0.717, 1.165) is 28.5 Å². The number of thioether (sulfide) groups is 1. The number of halogens is 1. The molecule has 2 heterocycles. The second-order valence-electron chi connectivity index (χ2n) is 6.48. The van der Waals surface area contributed by atoms with Crippen LogP contribution in [0, 0.1) is 13.8 Å². The van der Waals surface area contributed by atoms with Crippen LogP contribution < -0.4 is 5.32 Å². The van der Waals surface area contributed by atoms with Crippen molar-refractivity contribution in [1.82, 2.24) is 24.5 Å². The first-order valence-corrected chi connectivity index (χ1v) is 10.2. The molecule has 1 amide bonds. The Balaban J connectivity index is 1.78. The first-order chi connectivity index (χ1) is 13.3. The van der Waals surface area contributed by atoms with Crippen molar-refractivity contribution < 1.29 is 4.79 Å². The number of carbonyl (C=O) groups excluding carboxylic acids is 1. The molecular weight excluding hydrogens is 396 g/mol. The predicted octanol–water partition coefficient (Wildman–Crippen LogP) is 4.09. The van der Waals surface area contributed by atoms with Crippen molar-refractivity contribution in [2.24, 2.45) is 7.05 Å². The van der Waals surface area contributed by atoms with Gasteiger partial charge in [0.1, 0.15) is 0 Å². The lowest BCUT2D eigenvalue weighted by molar-refractivity contribution is -0.115. The van der Waals surface area contributed by atoms with Gasteiger partial charge in [-0.05, 0) is 39.8 Å². The number of nitrogens with one attached hydrogen (secondary N) is 1. The van der Waals surface area contributed by atoms with Crippen LogP contribution in [0.1, 0.15) is 25.2 Å². The Morgan fingerprint density at radius 3 is 2.68 bits per heavy atom. The number of hydrogen-bond donors (Lipinski definition) is 1. The van der Waals surface area contributed by atoms with E-state index in [0.29, 0.717) is 16.7 Å². The Labute approximate surface area is 173 Å². The molecule has 0 radical (unpaired) electrons. The number of rotatable bonds is 6. The number of hydrogen-bond acceptors (Lipinski definition) is 5. The normalized spacial score (nSPS) is 12.2. The van der Waals surface area contributed by atoms with E-state index in [-0.39, 0.29) is 11.2 Å². The van der Waals surface area contributed by atoms with Gasteiger partial charge in [-0.15, -0.1) is 10.2 Å². The highest BCUT2D eigenvalue weighted by molar-refractivity contribution is 8.00. The lowest BCUT2D eigenvalue weighted by Crippen LogP contribution is -2.23. The minimum Gasteiger partial charge on any atom is -0.322 e. The van der Waals surface area contributed by atoms with Gasteiger partial charge in [-0.1, -0.05) is 35.5 Å². The zero-order chi connectivity index (χ0) is 20.4. The number of carbonyl (C=O) groups is 1. The number of amides is 1. The molecule has 1 N–H and O–H groups in total. The molecular formula is C19H23ClN6OS. The van der Waals surface area contributed by atoms with Crippen molar-refractivity contribution in [3.63, 3.8) is 0 Å². The van der Waals surface area contributed by atoms with E-state index in [1.165, 1.54) is 11.8 Å². The summed E-state index contributed by atoms with van der Waals surface area (Å²) in [5, 5.41) is 16.9. The zero-order valence-corrected chi connectivity index (χ0v) is 18.1. The molecule has 0 spiro atoms. The van der Waals surface area contributed by atoms with E-state index in [4.69, 9.17) is 11.6 Å². The highest BCUT2D eigenvalue weighted by atomic mass is 35.5. The smallest absolute Gasteiger partial charge is 0.237 e. The van der Waals surface area contributed by atoms with Gasteiger partial charge in [-0.3, -0.25) is 9.48 Å². The monoisotopic (exact) mass is 418 g/mol. The lowest BCUT2D eigenvalue weighted by atomic mass is 10.2. The van der Waals surface area contributed by atoms with Crippen LogP contribution in [0.25, 0.3) is 11.4 Å². The standard InChI is InChI=1S/C19H23ClN6OS/c1-6-26-17(14-8-7-9-15(20)10-14)22-23-19(26)28-13(4)18(27)21-16-11(2)24-25(5)12(16)3/h7-10,13H,6H2,1-5H3,(H,21,27)/t13-/m1/s1. The maximum atomic E-state index is 12.7. The summed E-state index contributed by atoms with van der Waals surface area (Å²) in [5.41, 5.74) is 3.37. The molecule has 1 atom stereocenters. The van der Waals surface area contributed by atoms with Gasteiger partial charge < -0.3 is 9.88 Å². The van der Waals surface area contributed by atoms with Gasteiger partial charge in [0.25, 0.3) is 0 Å². The minimum atomic E-state index is -0.347. The SMILES string of the molecule is CCn1c(S[C@H](C)C(=O)Nc2c(C)nn(C)c2C)nnc1-c1cccc(Cl)c1. The van der Waals surface area contributed by atoms with Crippen LogP contribution in [0.3, 0.4) is 0 Å². The maximum Gasteiger partial charge on any atom is 0.237 e. The molecule has 0 saturated heterocycles. The van der Waals surface area contributed by atoms with Crippen LogP contribution in [-0.4, -0.2) is 35.7 Å². The van der Waals surface area contributed by atoms with Crippen LogP contribution in [0.4, 0.5) is 5.69 Å². The molecule has 0 aliphatic rings. The van der Waals surface area contributed by atoms with Gasteiger partial charge in [-0.2, -0.15) is 5.10 Å². The Morgan fingerprint density at radius 2 is 2.07 bits per heavy atom. The Bertz CT molecular complexity index is 1010. The largest absolute Gasteiger partial charge is 0.322 e. The van der Waals surface area contributed by atoms with Gasteiger partial charge >= 0.3 is 0 Å². The van der Waals surface area contributed by atoms with E-state index in [1.54, 1.807) is 4.68 Å². The van der Waals surface area contributed by atoms with Crippen LogP contribution >= 0.6 is 23.4 Å². The van der Waals surface area contributed by atoms with Crippen molar-refractivity contribution in [3.05, 3.63) is 40.7 Å². The molecule has 1 aromatic carbocycles. The molecule has 0 aliphatic heterocycles. The average Bonchev–Trinajstić information content (AvgIpc) is 3.17. The third kappa shape index (κ3) is 4.07. The molecule has 28 heavy (non-hydrogen) atoms. The van der Waals surface area contributed by atoms with E-state index in [1.807, 2.05) is 63.6 Å². The Kier molecular flexibility index (Phi) is 6.10. The maximum absolute atomic E-state index is 12.7. The lowest BCUT2D eigenvalue weighted by Gasteiger charge is -2.13. The molecule has 2 aromatic heterocycles. The Morgan fingerprint density at radius 1 is 1.32 bits per heavy atom. The molecule has 0 fully saturated rings. The Hall–Kier alpha value is -2.32. The van der Waals surface area contributed by atoms with E-state index < -0.39 is 0 Å². The van der Waals surface area contributed by atoms with Gasteiger partial charge in [0.2, 0.25) is 5.91 Å². The second-order valence-corrected chi connectivity index (χ2v) is 8.22. The number of anilines is 1. The molecule has 9 heteroatoms. The van der Waals surface area contributed by atoms with E-state index in [9.17, 15) is 4.79 Å². The fraction of sp³-hybridized carbons (Fsp3) is 0.368. The molecule has 0 aliphatic carbocycles. The first-order valence-electron chi connectivity index (χ1n) is 8.98. The predicted molar refractivity (Wildman–Crippen MR) is 113 cm³/mol. The third-order valence-corrected chi connectivity index (χ3v) is 5.84. The van der Waals surface area contributed by atoms with Crippen LogP contribution in [0.15, 0.2) is 29.4 Å². The molecule has 3 aromatic rings. The van der Waals surface area contributed by atoms with Crippen molar-refractivity contribution in [2.45, 2.75) is 44.6 Å². The zero-order valence-electron chi connectivity index (χ0n) is 16.5. The topological polar surface area (TPSA) is 77.6 Å². The highest BCUT2D eigenvalue weighted by Crippen LogP contribution is 2.29. The van der Waals surface area contributed by atoms with Crippen molar-refractivity contribution in [2.75, 3.05) is 5.32 Å². The van der Waals surface area contributed by atoms with Crippen LogP contribution in [0.5, 0.6) is 0 Å². The molecule has 0 unspecified atom stereocenters. The van der Waals surface area contributed by atoms with E-state index >= 15 is 0 Å². The fourth-order valence-electron chi connectivity index (χ4n) is 2.89. The van der Waals surface area contributed by atoms with Gasteiger partial charge in [0, 0.05) is 24.2 Å². The average molecular weight is 419 g/mol. The summed E-state index contributed by atoms with van der Waals surface area (Å²) in [7, 11) is 1.86. The molecule has 7 nitrogen and oxygen atoms in total. The minimum absolute atomic E-state index is 0.0980. The third-order valence-electron chi connectivity index (χ3n) is 4.52. The number of benzene rings is 1. The number of nitrogens with zero attached hydrogens (tertiary/aromatic N) is 5. The summed E-state index contributed by atoms with van der Waals surface area (Å²) in [4.78, 5) is 12.7. The summed E-state index contributed by atoms with van der Waals surface area (Å²) in [6.07, 6.45) is 0. The molecule has 0 bridgehead atoms. The van der Waals surface area contributed by atoms with Crippen molar-refractivity contribution >= 4 is 35.0 Å². The second kappa shape index (κ2) is 8.36. The summed E-state index contributed by atoms with van der Waals surface area (Å²) >= 11 is 7.48. The summed E-state index contributed by atoms with van der Waals surface area (Å²) in [5.74, 6) is 0.637. The fourth-order valence-corrected chi connectivity index (χ4v) is 4.00. The van der Waals surface area contributed by atoms with Crippen molar-refractivity contribution in [1.29, 1.82) is 0 Å². The van der Waals surface area contributed by atoms with Crippen LogP contribution in [0.2, 0.25) is 5.02 Å². The number of aryl methyl sites for hydroxylation is 2.